The van der Waals surface area contributed by atoms with Crippen LogP contribution in [-0.2, 0) is 0 Å². The van der Waals surface area contributed by atoms with Gasteiger partial charge >= 0.3 is 0 Å². The molecule has 0 fully saturated rings. The Morgan fingerprint density at radius 2 is 1.67 bits per heavy atom. The number of thiophene rings is 1. The normalized spacial score (nSPS) is 11.5. The fraction of sp³-hybridized carbons (Fsp3) is 0. The fourth-order valence-electron chi connectivity index (χ4n) is 3.09. The second-order valence-corrected chi connectivity index (χ2v) is 6.53. The molecule has 0 radical (unpaired) electrons. The number of hydrogen-bond acceptors (Lipinski definition) is 4. The highest BCUT2D eigenvalue weighted by Gasteiger charge is 2.23. The number of nitrogens with zero attached hydrogens (tertiary/aromatic N) is 1. The summed E-state index contributed by atoms with van der Waals surface area (Å²) in [5, 5.41) is 3.46. The van der Waals surface area contributed by atoms with E-state index < -0.39 is 0 Å². The van der Waals surface area contributed by atoms with Gasteiger partial charge in [0.05, 0.1) is 5.56 Å². The average Bonchev–Trinajstić information content (AvgIpc) is 3.15. The molecule has 0 unspecified atom stereocenters. The monoisotopic (exact) mass is 329 g/mol. The number of benzene rings is 3. The quantitative estimate of drug-likeness (QED) is 0.314. The summed E-state index contributed by atoms with van der Waals surface area (Å²) in [6, 6.07) is 19.1. The van der Waals surface area contributed by atoms with E-state index in [0.29, 0.717) is 22.3 Å². The lowest BCUT2D eigenvalue weighted by Gasteiger charge is -2.13. The molecule has 0 saturated heterocycles. The van der Waals surface area contributed by atoms with Crippen molar-refractivity contribution in [1.29, 1.82) is 0 Å². The van der Waals surface area contributed by atoms with Gasteiger partial charge in [-0.25, -0.2) is 4.98 Å². The van der Waals surface area contributed by atoms with Gasteiger partial charge in [-0.05, 0) is 23.6 Å². The molecular formula is C20H11NO2S. The van der Waals surface area contributed by atoms with Crippen molar-refractivity contribution in [2.45, 2.75) is 0 Å². The maximum absolute atomic E-state index is 13.1. The predicted molar refractivity (Wildman–Crippen MR) is 97.7 cm³/mol. The zero-order valence-corrected chi connectivity index (χ0v) is 13.3. The second kappa shape index (κ2) is 5.01. The minimum absolute atomic E-state index is 0.0126. The molecule has 3 nitrogen and oxygen atoms in total. The Labute approximate surface area is 141 Å². The molecule has 114 valence electrons. The molecule has 1 aromatic heterocycles. The van der Waals surface area contributed by atoms with Gasteiger partial charge in [0.25, 0.3) is 0 Å². The molecule has 24 heavy (non-hydrogen) atoms. The summed E-state index contributed by atoms with van der Waals surface area (Å²) in [5.41, 5.74) is 2.77. The van der Waals surface area contributed by atoms with Crippen LogP contribution < -0.4 is 5.43 Å². The molecule has 2 aromatic carbocycles. The van der Waals surface area contributed by atoms with Crippen molar-refractivity contribution >= 4 is 33.2 Å². The van der Waals surface area contributed by atoms with Crippen LogP contribution in [0.15, 0.2) is 75.3 Å². The highest BCUT2D eigenvalue weighted by Crippen LogP contribution is 2.38. The van der Waals surface area contributed by atoms with Crippen LogP contribution in [0.3, 0.4) is 0 Å². The largest absolute Gasteiger partial charge is 0.452 e. The van der Waals surface area contributed by atoms with Crippen LogP contribution in [0.1, 0.15) is 0 Å². The van der Waals surface area contributed by atoms with E-state index in [2.05, 4.69) is 0 Å². The Morgan fingerprint density at radius 3 is 2.50 bits per heavy atom. The van der Waals surface area contributed by atoms with Crippen molar-refractivity contribution in [2.75, 3.05) is 0 Å². The van der Waals surface area contributed by atoms with Crippen LogP contribution in [0.5, 0.6) is 0 Å². The topological polar surface area (TPSA) is 43.1 Å². The first kappa shape index (κ1) is 13.5. The highest BCUT2D eigenvalue weighted by atomic mass is 32.1. The SMILES string of the molecule is O=c1c(-c2cccs2)c2oc3ccccc3nc-2c2ccccc12. The van der Waals surface area contributed by atoms with E-state index in [4.69, 9.17) is 9.40 Å². The van der Waals surface area contributed by atoms with Crippen LogP contribution in [0.2, 0.25) is 0 Å². The van der Waals surface area contributed by atoms with Crippen molar-refractivity contribution in [3.8, 4) is 21.9 Å². The fourth-order valence-corrected chi connectivity index (χ4v) is 3.85. The minimum Gasteiger partial charge on any atom is -0.452 e. The molecule has 4 heteroatoms. The molecule has 0 amide bonds. The third-order valence-electron chi connectivity index (χ3n) is 4.17. The van der Waals surface area contributed by atoms with Gasteiger partial charge in [-0.3, -0.25) is 4.79 Å². The number of para-hydroxylation sites is 2. The molecule has 1 aliphatic heterocycles. The zero-order valence-electron chi connectivity index (χ0n) is 12.5. The van der Waals surface area contributed by atoms with E-state index >= 15 is 0 Å². The van der Waals surface area contributed by atoms with Crippen molar-refractivity contribution in [1.82, 2.24) is 4.98 Å². The molecule has 2 aliphatic rings. The van der Waals surface area contributed by atoms with E-state index in [9.17, 15) is 4.79 Å². The standard InChI is InChI=1S/C20H11NO2S/c22-19-13-7-2-1-6-12(13)18-20(17(19)16-10-5-11-24-16)23-15-9-4-3-8-14(15)21-18/h1-11H. The summed E-state index contributed by atoms with van der Waals surface area (Å²) in [6.07, 6.45) is 0. The van der Waals surface area contributed by atoms with Gasteiger partial charge in [0, 0.05) is 15.6 Å². The van der Waals surface area contributed by atoms with E-state index in [0.717, 1.165) is 21.5 Å². The third-order valence-corrected chi connectivity index (χ3v) is 5.06. The van der Waals surface area contributed by atoms with Gasteiger partial charge in [0.2, 0.25) is 0 Å². The van der Waals surface area contributed by atoms with E-state index in [1.807, 2.05) is 66.0 Å². The minimum atomic E-state index is -0.0126. The Hall–Kier alpha value is -2.98. The predicted octanol–water partition coefficient (Wildman–Crippen LogP) is 5.17. The first-order valence-electron chi connectivity index (χ1n) is 7.61. The molecule has 1 aliphatic carbocycles. The van der Waals surface area contributed by atoms with Crippen molar-refractivity contribution < 1.29 is 4.42 Å². The number of fused-ring (bicyclic) bond motifs is 4. The smallest absolute Gasteiger partial charge is 0.198 e. The lowest BCUT2D eigenvalue weighted by atomic mass is 9.98. The van der Waals surface area contributed by atoms with Gasteiger partial charge in [0.1, 0.15) is 11.2 Å². The third kappa shape index (κ3) is 1.83. The lowest BCUT2D eigenvalue weighted by molar-refractivity contribution is 0.615. The maximum Gasteiger partial charge on any atom is 0.198 e. The Balaban J connectivity index is 2.08. The molecule has 2 heterocycles. The summed E-state index contributed by atoms with van der Waals surface area (Å²) < 4.78 is 6.13. The molecule has 0 N–H and O–H groups in total. The number of aromatic nitrogens is 1. The van der Waals surface area contributed by atoms with Crippen LogP contribution in [0.4, 0.5) is 0 Å². The molecule has 0 spiro atoms. The van der Waals surface area contributed by atoms with Gasteiger partial charge in [-0.15, -0.1) is 11.3 Å². The summed E-state index contributed by atoms with van der Waals surface area (Å²) >= 11 is 1.53. The number of hydrogen-bond donors (Lipinski definition) is 0. The molecule has 0 saturated carbocycles. The summed E-state index contributed by atoms with van der Waals surface area (Å²) in [6.45, 7) is 0. The van der Waals surface area contributed by atoms with E-state index in [1.165, 1.54) is 11.3 Å². The molecular weight excluding hydrogens is 318 g/mol. The average molecular weight is 329 g/mol. The first-order valence-corrected chi connectivity index (χ1v) is 8.49. The zero-order chi connectivity index (χ0) is 16.1. The molecule has 5 rings (SSSR count). The van der Waals surface area contributed by atoms with Crippen LogP contribution in [0, 0.1) is 0 Å². The Bertz CT molecular complexity index is 1220. The second-order valence-electron chi connectivity index (χ2n) is 5.59. The van der Waals surface area contributed by atoms with Crippen molar-refractivity contribution in [3.05, 3.63) is 76.3 Å². The van der Waals surface area contributed by atoms with Gasteiger partial charge in [-0.2, -0.15) is 0 Å². The van der Waals surface area contributed by atoms with E-state index in [1.54, 1.807) is 0 Å². The van der Waals surface area contributed by atoms with Crippen molar-refractivity contribution in [3.63, 3.8) is 0 Å². The van der Waals surface area contributed by atoms with Crippen LogP contribution in [0.25, 0.3) is 43.8 Å². The summed E-state index contributed by atoms with van der Waals surface area (Å²) in [4.78, 5) is 18.8. The highest BCUT2D eigenvalue weighted by molar-refractivity contribution is 7.13. The molecule has 0 atom stereocenters. The molecule has 0 bridgehead atoms. The Morgan fingerprint density at radius 1 is 0.875 bits per heavy atom. The van der Waals surface area contributed by atoms with E-state index in [-0.39, 0.29) is 5.43 Å². The van der Waals surface area contributed by atoms with Gasteiger partial charge in [-0.1, -0.05) is 42.5 Å². The summed E-state index contributed by atoms with van der Waals surface area (Å²) in [7, 11) is 0. The molecule has 3 aromatic rings. The van der Waals surface area contributed by atoms with Crippen LogP contribution >= 0.6 is 11.3 Å². The van der Waals surface area contributed by atoms with Crippen LogP contribution in [-0.4, -0.2) is 4.98 Å². The Kier molecular flexibility index (Phi) is 2.81. The summed E-state index contributed by atoms with van der Waals surface area (Å²) in [5.74, 6) is 0.555. The van der Waals surface area contributed by atoms with Gasteiger partial charge in [0.15, 0.2) is 16.8 Å². The maximum atomic E-state index is 13.1. The van der Waals surface area contributed by atoms with Crippen molar-refractivity contribution in [2.24, 2.45) is 0 Å². The van der Waals surface area contributed by atoms with Gasteiger partial charge < -0.3 is 4.42 Å². The first-order chi connectivity index (χ1) is 11.8. The lowest BCUT2D eigenvalue weighted by Crippen LogP contribution is -2.09. The number of rotatable bonds is 1.